The SMILES string of the molecule is CC(C)(C)c1ccc(-c2cccc(-c3cccc(-c4cccc([B]OC(C)(C)C(C)(C)O)c4)c3)c2)cc1. The minimum atomic E-state index is -0.960. The first-order chi connectivity index (χ1) is 17.3. The standard InChI is InChI=1S/C34H38BO2/c1-32(2,3)30-19-17-24(18-20-30)25-11-8-12-26(21-25)27-13-9-14-28(22-27)29-15-10-16-31(23-29)35-37-34(6,7)33(4,5)36/h8-23,36H,1-7H3. The Morgan fingerprint density at radius 2 is 0.973 bits per heavy atom. The molecule has 0 amide bonds. The van der Waals surface area contributed by atoms with Crippen molar-refractivity contribution in [2.75, 3.05) is 0 Å². The van der Waals surface area contributed by atoms with Crippen molar-refractivity contribution in [3.8, 4) is 33.4 Å². The lowest BCUT2D eigenvalue weighted by atomic mass is 9.81. The highest BCUT2D eigenvalue weighted by atomic mass is 16.5. The number of aliphatic hydroxyl groups is 1. The third-order valence-corrected chi connectivity index (χ3v) is 7.33. The molecule has 1 N–H and O–H groups in total. The van der Waals surface area contributed by atoms with Gasteiger partial charge in [0.2, 0.25) is 0 Å². The maximum atomic E-state index is 10.4. The summed E-state index contributed by atoms with van der Waals surface area (Å²) in [4.78, 5) is 0. The van der Waals surface area contributed by atoms with E-state index in [9.17, 15) is 5.11 Å². The van der Waals surface area contributed by atoms with Crippen molar-refractivity contribution in [2.45, 2.75) is 65.1 Å². The Labute approximate surface area is 223 Å². The van der Waals surface area contributed by atoms with Crippen LogP contribution in [0.4, 0.5) is 0 Å². The molecule has 0 spiro atoms. The van der Waals surface area contributed by atoms with Gasteiger partial charge in [-0.15, -0.1) is 0 Å². The van der Waals surface area contributed by atoms with Crippen LogP contribution in [0.3, 0.4) is 0 Å². The molecule has 0 saturated heterocycles. The maximum Gasteiger partial charge on any atom is 0.330 e. The van der Waals surface area contributed by atoms with Crippen molar-refractivity contribution in [3.05, 3.63) is 103 Å². The van der Waals surface area contributed by atoms with Gasteiger partial charge in [0.15, 0.2) is 0 Å². The summed E-state index contributed by atoms with van der Waals surface area (Å²) in [6.07, 6.45) is 0. The van der Waals surface area contributed by atoms with Crippen LogP contribution in [-0.2, 0) is 10.1 Å². The van der Waals surface area contributed by atoms with E-state index in [1.807, 2.05) is 26.0 Å². The molecular weight excluding hydrogens is 451 g/mol. The van der Waals surface area contributed by atoms with Crippen molar-refractivity contribution in [1.29, 1.82) is 0 Å². The summed E-state index contributed by atoms with van der Waals surface area (Å²) in [6.45, 7) is 14.0. The van der Waals surface area contributed by atoms with Crippen molar-refractivity contribution in [1.82, 2.24) is 0 Å². The third-order valence-electron chi connectivity index (χ3n) is 7.33. The van der Waals surface area contributed by atoms with E-state index >= 15 is 0 Å². The fourth-order valence-electron chi connectivity index (χ4n) is 4.07. The molecule has 0 fully saturated rings. The second kappa shape index (κ2) is 10.3. The summed E-state index contributed by atoms with van der Waals surface area (Å²) in [5, 5.41) is 10.4. The lowest BCUT2D eigenvalue weighted by Gasteiger charge is -2.37. The largest absolute Gasteiger partial charge is 0.427 e. The normalized spacial score (nSPS) is 12.4. The maximum absolute atomic E-state index is 10.4. The molecular formula is C34H38BO2. The number of rotatable bonds is 7. The summed E-state index contributed by atoms with van der Waals surface area (Å²) in [6, 6.07) is 34.6. The van der Waals surface area contributed by atoms with Crippen molar-refractivity contribution in [2.24, 2.45) is 0 Å². The monoisotopic (exact) mass is 489 g/mol. The Kier molecular flexibility index (Phi) is 7.51. The highest BCUT2D eigenvalue weighted by Crippen LogP contribution is 2.31. The van der Waals surface area contributed by atoms with Crippen LogP contribution in [0, 0.1) is 0 Å². The Hall–Kier alpha value is -3.14. The highest BCUT2D eigenvalue weighted by molar-refractivity contribution is 6.47. The average molecular weight is 489 g/mol. The molecule has 0 atom stereocenters. The third kappa shape index (κ3) is 6.41. The van der Waals surface area contributed by atoms with Crippen LogP contribution < -0.4 is 5.46 Å². The minimum absolute atomic E-state index is 0.146. The molecule has 0 aliphatic heterocycles. The summed E-state index contributed by atoms with van der Waals surface area (Å²) >= 11 is 0. The van der Waals surface area contributed by atoms with Crippen LogP contribution in [0.25, 0.3) is 33.4 Å². The molecule has 4 aromatic carbocycles. The van der Waals surface area contributed by atoms with Gasteiger partial charge in [0.25, 0.3) is 0 Å². The first-order valence-corrected chi connectivity index (χ1v) is 13.0. The second-order valence-corrected chi connectivity index (χ2v) is 11.9. The predicted octanol–water partition coefficient (Wildman–Crippen LogP) is 7.80. The Balaban J connectivity index is 1.57. The number of hydrogen-bond acceptors (Lipinski definition) is 2. The zero-order valence-corrected chi connectivity index (χ0v) is 23.2. The first-order valence-electron chi connectivity index (χ1n) is 13.0. The molecule has 0 heterocycles. The number of benzene rings is 4. The zero-order valence-electron chi connectivity index (χ0n) is 23.2. The van der Waals surface area contributed by atoms with Crippen LogP contribution in [-0.4, -0.2) is 23.8 Å². The van der Waals surface area contributed by atoms with E-state index in [4.69, 9.17) is 4.65 Å². The van der Waals surface area contributed by atoms with Gasteiger partial charge >= 0.3 is 7.48 Å². The molecule has 1 radical (unpaired) electrons. The van der Waals surface area contributed by atoms with E-state index in [0.29, 0.717) is 0 Å². The van der Waals surface area contributed by atoms with Gasteiger partial charge in [0.1, 0.15) is 0 Å². The van der Waals surface area contributed by atoms with E-state index in [2.05, 4.69) is 106 Å². The van der Waals surface area contributed by atoms with Gasteiger partial charge in [0, 0.05) is 0 Å². The molecule has 0 saturated carbocycles. The molecule has 3 heteroatoms. The highest BCUT2D eigenvalue weighted by Gasteiger charge is 2.35. The Morgan fingerprint density at radius 3 is 1.43 bits per heavy atom. The topological polar surface area (TPSA) is 29.5 Å². The first kappa shape index (κ1) is 26.9. The lowest BCUT2D eigenvalue weighted by Crippen LogP contribution is -2.49. The quantitative estimate of drug-likeness (QED) is 0.269. The van der Waals surface area contributed by atoms with E-state index < -0.39 is 11.2 Å². The molecule has 4 rings (SSSR count). The summed E-state index contributed by atoms with van der Waals surface area (Å²) in [7, 11) is 1.74. The van der Waals surface area contributed by atoms with E-state index in [0.717, 1.165) is 16.6 Å². The summed E-state index contributed by atoms with van der Waals surface area (Å²) in [5.41, 5.74) is 7.86. The fourth-order valence-corrected chi connectivity index (χ4v) is 4.07. The van der Waals surface area contributed by atoms with Gasteiger partial charge in [-0.05, 0) is 84.2 Å². The summed E-state index contributed by atoms with van der Waals surface area (Å²) in [5.74, 6) is 0. The van der Waals surface area contributed by atoms with Crippen LogP contribution >= 0.6 is 0 Å². The summed E-state index contributed by atoms with van der Waals surface area (Å²) < 4.78 is 5.97. The van der Waals surface area contributed by atoms with Gasteiger partial charge in [0.05, 0.1) is 11.2 Å². The molecule has 0 aliphatic carbocycles. The van der Waals surface area contributed by atoms with Crippen molar-refractivity contribution in [3.63, 3.8) is 0 Å². The van der Waals surface area contributed by atoms with Gasteiger partial charge in [-0.3, -0.25) is 0 Å². The van der Waals surface area contributed by atoms with Crippen LogP contribution in [0.2, 0.25) is 0 Å². The zero-order chi connectivity index (χ0) is 26.8. The van der Waals surface area contributed by atoms with Crippen LogP contribution in [0.5, 0.6) is 0 Å². The Morgan fingerprint density at radius 1 is 0.541 bits per heavy atom. The minimum Gasteiger partial charge on any atom is -0.427 e. The van der Waals surface area contributed by atoms with Gasteiger partial charge in [-0.25, -0.2) is 0 Å². The molecule has 37 heavy (non-hydrogen) atoms. The lowest BCUT2D eigenvalue weighted by molar-refractivity contribution is -0.0893. The number of hydrogen-bond donors (Lipinski definition) is 1. The second-order valence-electron chi connectivity index (χ2n) is 11.9. The van der Waals surface area contributed by atoms with E-state index in [1.165, 1.54) is 27.8 Å². The molecule has 0 bridgehead atoms. The average Bonchev–Trinajstić information content (AvgIpc) is 2.87. The van der Waals surface area contributed by atoms with E-state index in [-0.39, 0.29) is 5.41 Å². The predicted molar refractivity (Wildman–Crippen MR) is 158 cm³/mol. The Bertz CT molecular complexity index is 1360. The molecule has 0 aliphatic rings. The van der Waals surface area contributed by atoms with E-state index in [1.54, 1.807) is 21.3 Å². The molecule has 189 valence electrons. The molecule has 2 nitrogen and oxygen atoms in total. The van der Waals surface area contributed by atoms with Crippen LogP contribution in [0.15, 0.2) is 97.1 Å². The van der Waals surface area contributed by atoms with Crippen molar-refractivity contribution < 1.29 is 9.76 Å². The van der Waals surface area contributed by atoms with Crippen LogP contribution in [0.1, 0.15) is 54.0 Å². The van der Waals surface area contributed by atoms with Gasteiger partial charge < -0.3 is 9.76 Å². The molecule has 4 aromatic rings. The molecule has 0 unspecified atom stereocenters. The fraction of sp³-hybridized carbons (Fsp3) is 0.294. The molecule has 0 aromatic heterocycles. The van der Waals surface area contributed by atoms with Gasteiger partial charge in [-0.1, -0.05) is 111 Å². The smallest absolute Gasteiger partial charge is 0.330 e. The van der Waals surface area contributed by atoms with Gasteiger partial charge in [-0.2, -0.15) is 0 Å². The van der Waals surface area contributed by atoms with Crippen molar-refractivity contribution >= 4 is 12.9 Å².